The van der Waals surface area contributed by atoms with Crippen molar-refractivity contribution in [1.29, 1.82) is 0 Å². The lowest BCUT2D eigenvalue weighted by atomic mass is 9.95. The Balaban J connectivity index is 1.69. The quantitative estimate of drug-likeness (QED) is 0.777. The van der Waals surface area contributed by atoms with Gasteiger partial charge in [-0.1, -0.05) is 36.4 Å². The van der Waals surface area contributed by atoms with E-state index in [0.29, 0.717) is 24.3 Å². The van der Waals surface area contributed by atoms with Crippen molar-refractivity contribution in [2.45, 2.75) is 31.8 Å². The average molecular weight is 366 g/mol. The van der Waals surface area contributed by atoms with Gasteiger partial charge in [-0.05, 0) is 37.6 Å². The topological polar surface area (TPSA) is 87.5 Å². The molecule has 3 amide bonds. The third-order valence-corrected chi connectivity index (χ3v) is 4.67. The van der Waals surface area contributed by atoms with Gasteiger partial charge < -0.3 is 21.3 Å². The summed E-state index contributed by atoms with van der Waals surface area (Å²) in [5, 5.41) is 5.52. The molecule has 6 nitrogen and oxygen atoms in total. The maximum absolute atomic E-state index is 12.9. The molecule has 1 fully saturated rings. The summed E-state index contributed by atoms with van der Waals surface area (Å²) in [5.74, 6) is 0.0603. The molecule has 2 aromatic carbocycles. The summed E-state index contributed by atoms with van der Waals surface area (Å²) in [5.41, 5.74) is 8.58. The Bertz CT molecular complexity index is 807. The average Bonchev–Trinajstić information content (AvgIpc) is 3.03. The highest BCUT2D eigenvalue weighted by Crippen LogP contribution is 2.27. The summed E-state index contributed by atoms with van der Waals surface area (Å²) in [6, 6.07) is 16.7. The maximum atomic E-state index is 12.9. The van der Waals surface area contributed by atoms with E-state index in [2.05, 4.69) is 22.8 Å². The number of rotatable bonds is 4. The summed E-state index contributed by atoms with van der Waals surface area (Å²) in [6.07, 6.45) is 0. The highest BCUT2D eigenvalue weighted by atomic mass is 16.2. The van der Waals surface area contributed by atoms with Gasteiger partial charge in [0.1, 0.15) is 0 Å². The van der Waals surface area contributed by atoms with Crippen LogP contribution in [0.1, 0.15) is 35.7 Å². The molecule has 0 aliphatic carbocycles. The van der Waals surface area contributed by atoms with E-state index >= 15 is 0 Å². The van der Waals surface area contributed by atoms with Crippen molar-refractivity contribution in [3.05, 3.63) is 65.7 Å². The monoisotopic (exact) mass is 366 g/mol. The number of nitrogens with one attached hydrogen (secondary N) is 2. The molecule has 0 bridgehead atoms. The number of urea groups is 1. The molecule has 4 N–H and O–H groups in total. The second-order valence-electron chi connectivity index (χ2n) is 7.23. The number of carbonyl (C=O) groups is 2. The second-order valence-corrected chi connectivity index (χ2v) is 7.23. The first-order valence-electron chi connectivity index (χ1n) is 9.21. The van der Waals surface area contributed by atoms with Gasteiger partial charge in [-0.25, -0.2) is 4.79 Å². The van der Waals surface area contributed by atoms with Gasteiger partial charge in [0, 0.05) is 42.3 Å². The van der Waals surface area contributed by atoms with E-state index in [0.717, 1.165) is 5.56 Å². The Morgan fingerprint density at radius 3 is 2.52 bits per heavy atom. The van der Waals surface area contributed by atoms with E-state index in [1.807, 2.05) is 32.0 Å². The molecular weight excluding hydrogens is 340 g/mol. The number of amides is 3. The molecule has 1 saturated heterocycles. The van der Waals surface area contributed by atoms with Crippen molar-refractivity contribution in [3.63, 3.8) is 0 Å². The van der Waals surface area contributed by atoms with Crippen LogP contribution in [-0.2, 0) is 0 Å². The number of hydrogen-bond donors (Lipinski definition) is 3. The minimum absolute atomic E-state index is 0.0378. The predicted octanol–water partition coefficient (Wildman–Crippen LogP) is 2.78. The first-order chi connectivity index (χ1) is 12.9. The highest BCUT2D eigenvalue weighted by molar-refractivity contribution is 5.97. The number of benzene rings is 2. The van der Waals surface area contributed by atoms with Crippen molar-refractivity contribution in [3.8, 4) is 0 Å². The van der Waals surface area contributed by atoms with Crippen LogP contribution in [0.25, 0.3) is 0 Å². The Kier molecular flexibility index (Phi) is 5.76. The van der Waals surface area contributed by atoms with Crippen LogP contribution in [0.5, 0.6) is 0 Å². The fourth-order valence-electron chi connectivity index (χ4n) is 3.39. The van der Waals surface area contributed by atoms with Gasteiger partial charge in [0.2, 0.25) is 0 Å². The van der Waals surface area contributed by atoms with E-state index in [1.165, 1.54) is 0 Å². The predicted molar refractivity (Wildman–Crippen MR) is 107 cm³/mol. The normalized spacial score (nSPS) is 19.2. The minimum Gasteiger partial charge on any atom is -0.336 e. The molecule has 1 aliphatic rings. The Morgan fingerprint density at radius 1 is 1.07 bits per heavy atom. The van der Waals surface area contributed by atoms with E-state index in [-0.39, 0.29) is 29.9 Å². The van der Waals surface area contributed by atoms with Crippen LogP contribution in [0.2, 0.25) is 0 Å². The molecule has 0 radical (unpaired) electrons. The van der Waals surface area contributed by atoms with Crippen molar-refractivity contribution >= 4 is 17.6 Å². The van der Waals surface area contributed by atoms with Crippen LogP contribution in [0, 0.1) is 0 Å². The Hall–Kier alpha value is -2.86. The van der Waals surface area contributed by atoms with Crippen molar-refractivity contribution in [2.24, 2.45) is 5.73 Å². The molecule has 0 spiro atoms. The van der Waals surface area contributed by atoms with Gasteiger partial charge in [0.25, 0.3) is 5.91 Å². The second kappa shape index (κ2) is 8.22. The lowest BCUT2D eigenvalue weighted by Crippen LogP contribution is -2.34. The van der Waals surface area contributed by atoms with E-state index in [9.17, 15) is 9.59 Å². The zero-order chi connectivity index (χ0) is 19.4. The molecule has 142 valence electrons. The third-order valence-electron chi connectivity index (χ3n) is 4.67. The van der Waals surface area contributed by atoms with Crippen LogP contribution in [0.4, 0.5) is 10.5 Å². The van der Waals surface area contributed by atoms with Gasteiger partial charge in [0.05, 0.1) is 0 Å². The Morgan fingerprint density at radius 2 is 1.81 bits per heavy atom. The van der Waals surface area contributed by atoms with E-state index in [1.54, 1.807) is 29.2 Å². The van der Waals surface area contributed by atoms with Crippen LogP contribution in [-0.4, -0.2) is 42.0 Å². The number of nitrogens with zero attached hydrogens (tertiary/aromatic N) is 1. The van der Waals surface area contributed by atoms with Gasteiger partial charge in [-0.3, -0.25) is 4.79 Å². The van der Waals surface area contributed by atoms with Gasteiger partial charge in [-0.15, -0.1) is 0 Å². The maximum Gasteiger partial charge on any atom is 0.319 e. The van der Waals surface area contributed by atoms with Gasteiger partial charge in [0.15, 0.2) is 0 Å². The van der Waals surface area contributed by atoms with Crippen molar-refractivity contribution < 1.29 is 9.59 Å². The zero-order valence-electron chi connectivity index (χ0n) is 15.7. The molecule has 0 unspecified atom stereocenters. The molecule has 6 heteroatoms. The number of anilines is 1. The summed E-state index contributed by atoms with van der Waals surface area (Å²) >= 11 is 0. The van der Waals surface area contributed by atoms with Crippen LogP contribution in [0.3, 0.4) is 0 Å². The first kappa shape index (κ1) is 18.9. The SMILES string of the molecule is CC(C)NC(=O)Nc1cccc(C(=O)N2C[C@@H](N)[C@H](c3ccccc3)C2)c1. The fourth-order valence-corrected chi connectivity index (χ4v) is 3.39. The lowest BCUT2D eigenvalue weighted by molar-refractivity contribution is 0.0789. The molecule has 3 rings (SSSR count). The van der Waals surface area contributed by atoms with Crippen molar-refractivity contribution in [1.82, 2.24) is 10.2 Å². The van der Waals surface area contributed by atoms with Crippen LogP contribution >= 0.6 is 0 Å². The zero-order valence-corrected chi connectivity index (χ0v) is 15.7. The number of hydrogen-bond acceptors (Lipinski definition) is 3. The van der Waals surface area contributed by atoms with Gasteiger partial charge >= 0.3 is 6.03 Å². The molecule has 2 atom stereocenters. The molecular formula is C21H26N4O2. The molecule has 0 aromatic heterocycles. The summed E-state index contributed by atoms with van der Waals surface area (Å²) in [7, 11) is 0. The largest absolute Gasteiger partial charge is 0.336 e. The van der Waals surface area contributed by atoms with Gasteiger partial charge in [-0.2, -0.15) is 0 Å². The molecule has 27 heavy (non-hydrogen) atoms. The number of carbonyl (C=O) groups excluding carboxylic acids is 2. The summed E-state index contributed by atoms with van der Waals surface area (Å²) in [6.45, 7) is 4.89. The molecule has 1 heterocycles. The van der Waals surface area contributed by atoms with Crippen molar-refractivity contribution in [2.75, 3.05) is 18.4 Å². The minimum atomic E-state index is -0.290. The summed E-state index contributed by atoms with van der Waals surface area (Å²) in [4.78, 5) is 26.6. The number of nitrogens with two attached hydrogens (primary N) is 1. The fraction of sp³-hybridized carbons (Fsp3) is 0.333. The Labute approximate surface area is 159 Å². The third kappa shape index (κ3) is 4.65. The lowest BCUT2D eigenvalue weighted by Gasteiger charge is -2.17. The van der Waals surface area contributed by atoms with E-state index < -0.39 is 0 Å². The molecule has 1 aliphatic heterocycles. The number of likely N-dealkylation sites (tertiary alicyclic amines) is 1. The first-order valence-corrected chi connectivity index (χ1v) is 9.21. The van der Waals surface area contributed by atoms with Crippen LogP contribution < -0.4 is 16.4 Å². The highest BCUT2D eigenvalue weighted by Gasteiger charge is 2.34. The standard InChI is InChI=1S/C21H26N4O2/c1-14(2)23-21(27)24-17-10-6-9-16(11-17)20(26)25-12-18(19(22)13-25)15-7-4-3-5-8-15/h3-11,14,18-19H,12-13,22H2,1-2H3,(H2,23,24,27)/t18-,19+/m0/s1. The van der Waals surface area contributed by atoms with Crippen LogP contribution in [0.15, 0.2) is 54.6 Å². The smallest absolute Gasteiger partial charge is 0.319 e. The molecule has 0 saturated carbocycles. The van der Waals surface area contributed by atoms with E-state index in [4.69, 9.17) is 5.73 Å². The molecule has 2 aromatic rings. The summed E-state index contributed by atoms with van der Waals surface area (Å²) < 4.78 is 0.